The Labute approximate surface area is 76.7 Å². The summed E-state index contributed by atoms with van der Waals surface area (Å²) >= 11 is 0. The molecule has 1 N–H and O–H groups in total. The summed E-state index contributed by atoms with van der Waals surface area (Å²) in [6.07, 6.45) is 6.86. The van der Waals surface area contributed by atoms with Gasteiger partial charge in [0.25, 0.3) is 0 Å². The highest BCUT2D eigenvalue weighted by atomic mass is 16.2. The number of hydrogen-bond acceptors (Lipinski definition) is 1. The molecule has 3 nitrogen and oxygen atoms in total. The van der Waals surface area contributed by atoms with Crippen molar-refractivity contribution in [2.45, 2.75) is 25.3 Å². The fourth-order valence-electron chi connectivity index (χ4n) is 2.51. The second-order valence-corrected chi connectivity index (χ2v) is 3.83. The highest BCUT2D eigenvalue weighted by Gasteiger charge is 2.36. The molecule has 0 unspecified atom stereocenters. The standard InChI is InChI=1S/C10H12N2O/c13-10-2-1-9-8-6-11-5-7(8)3-4-12(9)10/h5-6,9,11H,1-4H2/t9-/m1/s1. The molecule has 2 aliphatic heterocycles. The summed E-state index contributed by atoms with van der Waals surface area (Å²) in [4.78, 5) is 16.6. The van der Waals surface area contributed by atoms with E-state index < -0.39 is 0 Å². The maximum atomic E-state index is 11.5. The highest BCUT2D eigenvalue weighted by Crippen LogP contribution is 2.37. The summed E-state index contributed by atoms with van der Waals surface area (Å²) in [6, 6.07) is 0.377. The van der Waals surface area contributed by atoms with E-state index in [0.717, 1.165) is 25.8 Å². The fraction of sp³-hybridized carbons (Fsp3) is 0.500. The Morgan fingerprint density at radius 2 is 2.31 bits per heavy atom. The SMILES string of the molecule is O=C1CC[C@@H]2c3c[nH]cc3CCN12. The molecule has 0 bridgehead atoms. The van der Waals surface area contributed by atoms with E-state index in [2.05, 4.69) is 11.2 Å². The van der Waals surface area contributed by atoms with Gasteiger partial charge in [0.05, 0.1) is 6.04 Å². The molecule has 3 rings (SSSR count). The number of rotatable bonds is 0. The maximum Gasteiger partial charge on any atom is 0.223 e. The molecule has 1 fully saturated rings. The number of nitrogens with one attached hydrogen (secondary N) is 1. The zero-order valence-electron chi connectivity index (χ0n) is 7.42. The van der Waals surface area contributed by atoms with E-state index in [1.165, 1.54) is 11.1 Å². The molecule has 0 radical (unpaired) electrons. The molecule has 0 spiro atoms. The van der Waals surface area contributed by atoms with E-state index in [9.17, 15) is 4.79 Å². The van der Waals surface area contributed by atoms with Crippen LogP contribution in [0.25, 0.3) is 0 Å². The lowest BCUT2D eigenvalue weighted by atomic mass is 9.97. The number of H-pyrrole nitrogens is 1. The van der Waals surface area contributed by atoms with Gasteiger partial charge in [-0.25, -0.2) is 0 Å². The van der Waals surface area contributed by atoms with E-state index in [1.807, 2.05) is 11.1 Å². The number of amides is 1. The third-order valence-electron chi connectivity index (χ3n) is 3.18. The average Bonchev–Trinajstić information content (AvgIpc) is 2.70. The van der Waals surface area contributed by atoms with Crippen molar-refractivity contribution in [3.63, 3.8) is 0 Å². The Hall–Kier alpha value is -1.25. The number of aromatic nitrogens is 1. The maximum absolute atomic E-state index is 11.5. The average molecular weight is 176 g/mol. The number of carbonyl (C=O) groups excluding carboxylic acids is 1. The van der Waals surface area contributed by atoms with Gasteiger partial charge in [0.2, 0.25) is 5.91 Å². The predicted octanol–water partition coefficient (Wildman–Crippen LogP) is 1.23. The first-order valence-corrected chi connectivity index (χ1v) is 4.81. The molecule has 13 heavy (non-hydrogen) atoms. The third-order valence-corrected chi connectivity index (χ3v) is 3.18. The number of aromatic amines is 1. The lowest BCUT2D eigenvalue weighted by molar-refractivity contribution is -0.129. The molecule has 68 valence electrons. The van der Waals surface area contributed by atoms with Crippen molar-refractivity contribution >= 4 is 5.91 Å². The van der Waals surface area contributed by atoms with Crippen LogP contribution in [-0.2, 0) is 11.2 Å². The van der Waals surface area contributed by atoms with Crippen LogP contribution >= 0.6 is 0 Å². The van der Waals surface area contributed by atoms with Crippen LogP contribution < -0.4 is 0 Å². The number of hydrogen-bond donors (Lipinski definition) is 1. The van der Waals surface area contributed by atoms with E-state index >= 15 is 0 Å². The van der Waals surface area contributed by atoms with Crippen LogP contribution in [0, 0.1) is 0 Å². The van der Waals surface area contributed by atoms with Crippen molar-refractivity contribution in [2.75, 3.05) is 6.54 Å². The summed E-state index contributed by atoms with van der Waals surface area (Å²) < 4.78 is 0. The lowest BCUT2D eigenvalue weighted by Crippen LogP contribution is -2.33. The molecule has 1 atom stereocenters. The Morgan fingerprint density at radius 1 is 1.38 bits per heavy atom. The van der Waals surface area contributed by atoms with E-state index in [0.29, 0.717) is 11.9 Å². The van der Waals surface area contributed by atoms with E-state index in [1.54, 1.807) is 0 Å². The summed E-state index contributed by atoms with van der Waals surface area (Å²) in [7, 11) is 0. The lowest BCUT2D eigenvalue weighted by Gasteiger charge is -2.29. The molecule has 0 saturated carbocycles. The van der Waals surface area contributed by atoms with Gasteiger partial charge < -0.3 is 9.88 Å². The van der Waals surface area contributed by atoms with Gasteiger partial charge in [0, 0.05) is 25.4 Å². The Bertz CT molecular complexity index is 356. The topological polar surface area (TPSA) is 36.1 Å². The first-order valence-electron chi connectivity index (χ1n) is 4.81. The molecule has 1 aromatic heterocycles. The normalized spacial score (nSPS) is 26.0. The number of carbonyl (C=O) groups is 1. The molecule has 1 saturated heterocycles. The van der Waals surface area contributed by atoms with Gasteiger partial charge in [-0.15, -0.1) is 0 Å². The van der Waals surface area contributed by atoms with Crippen molar-refractivity contribution in [3.05, 3.63) is 23.5 Å². The van der Waals surface area contributed by atoms with Crippen LogP contribution in [0.5, 0.6) is 0 Å². The molecule has 0 aromatic carbocycles. The summed E-state index contributed by atoms with van der Waals surface area (Å²) in [5.74, 6) is 0.330. The molecule has 0 aliphatic carbocycles. The zero-order chi connectivity index (χ0) is 8.84. The Balaban J connectivity index is 2.05. The van der Waals surface area contributed by atoms with Gasteiger partial charge in [-0.1, -0.05) is 0 Å². The Morgan fingerprint density at radius 3 is 3.23 bits per heavy atom. The molecular formula is C10H12N2O. The molecule has 3 heterocycles. The molecule has 3 heteroatoms. The first kappa shape index (κ1) is 7.18. The van der Waals surface area contributed by atoms with Crippen LogP contribution in [0.15, 0.2) is 12.4 Å². The zero-order valence-corrected chi connectivity index (χ0v) is 7.42. The van der Waals surface area contributed by atoms with Crippen LogP contribution in [0.1, 0.15) is 30.0 Å². The van der Waals surface area contributed by atoms with E-state index in [-0.39, 0.29) is 0 Å². The molecule has 1 amide bonds. The van der Waals surface area contributed by atoms with Gasteiger partial charge >= 0.3 is 0 Å². The second-order valence-electron chi connectivity index (χ2n) is 3.83. The monoisotopic (exact) mass is 176 g/mol. The number of fused-ring (bicyclic) bond motifs is 3. The van der Waals surface area contributed by atoms with E-state index in [4.69, 9.17) is 0 Å². The predicted molar refractivity (Wildman–Crippen MR) is 48.2 cm³/mol. The number of nitrogens with zero attached hydrogens (tertiary/aromatic N) is 1. The van der Waals surface area contributed by atoms with Crippen LogP contribution in [0.3, 0.4) is 0 Å². The summed E-state index contributed by atoms with van der Waals surface area (Å²) in [6.45, 7) is 0.911. The van der Waals surface area contributed by atoms with Crippen molar-refractivity contribution in [1.29, 1.82) is 0 Å². The summed E-state index contributed by atoms with van der Waals surface area (Å²) in [5.41, 5.74) is 2.74. The molecular weight excluding hydrogens is 164 g/mol. The minimum absolute atomic E-state index is 0.330. The minimum atomic E-state index is 0.330. The first-order chi connectivity index (χ1) is 6.36. The Kier molecular flexibility index (Phi) is 1.31. The van der Waals surface area contributed by atoms with Crippen LogP contribution in [-0.4, -0.2) is 22.3 Å². The van der Waals surface area contributed by atoms with Crippen LogP contribution in [0.4, 0.5) is 0 Å². The quantitative estimate of drug-likeness (QED) is 0.634. The van der Waals surface area contributed by atoms with Gasteiger partial charge in [-0.05, 0) is 24.0 Å². The van der Waals surface area contributed by atoms with Crippen molar-refractivity contribution in [1.82, 2.24) is 9.88 Å². The van der Waals surface area contributed by atoms with Gasteiger partial charge in [-0.2, -0.15) is 0 Å². The van der Waals surface area contributed by atoms with Crippen LogP contribution in [0.2, 0.25) is 0 Å². The van der Waals surface area contributed by atoms with Gasteiger partial charge in [-0.3, -0.25) is 4.79 Å². The van der Waals surface area contributed by atoms with Crippen molar-refractivity contribution in [3.8, 4) is 0 Å². The summed E-state index contributed by atoms with van der Waals surface area (Å²) in [5, 5.41) is 0. The largest absolute Gasteiger partial charge is 0.367 e. The molecule has 1 aromatic rings. The smallest absolute Gasteiger partial charge is 0.223 e. The molecule has 2 aliphatic rings. The van der Waals surface area contributed by atoms with Crippen molar-refractivity contribution < 1.29 is 4.79 Å². The third kappa shape index (κ3) is 0.870. The van der Waals surface area contributed by atoms with Gasteiger partial charge in [0.1, 0.15) is 0 Å². The van der Waals surface area contributed by atoms with Gasteiger partial charge in [0.15, 0.2) is 0 Å². The minimum Gasteiger partial charge on any atom is -0.367 e. The second kappa shape index (κ2) is 2.37. The fourth-order valence-corrected chi connectivity index (χ4v) is 2.51. The van der Waals surface area contributed by atoms with Crippen molar-refractivity contribution in [2.24, 2.45) is 0 Å². The highest BCUT2D eigenvalue weighted by molar-refractivity contribution is 5.79.